The number of hydrogen-bond donors (Lipinski definition) is 1. The quantitative estimate of drug-likeness (QED) is 0.844. The average molecular weight is 220 g/mol. The summed E-state index contributed by atoms with van der Waals surface area (Å²) in [6.45, 7) is 3.77. The Hall–Kier alpha value is -0.860. The summed E-state index contributed by atoms with van der Waals surface area (Å²) in [5, 5.41) is 9.98. The fourth-order valence-electron chi connectivity index (χ4n) is 2.23. The Morgan fingerprint density at radius 3 is 2.75 bits per heavy atom. The maximum Gasteiger partial charge on any atom is 0.0584 e. The van der Waals surface area contributed by atoms with Crippen molar-refractivity contribution < 1.29 is 9.84 Å². The van der Waals surface area contributed by atoms with Gasteiger partial charge in [0.2, 0.25) is 0 Å². The van der Waals surface area contributed by atoms with Crippen molar-refractivity contribution in [1.29, 1.82) is 0 Å². The second-order valence-corrected chi connectivity index (χ2v) is 4.81. The van der Waals surface area contributed by atoms with Crippen LogP contribution in [0, 0.1) is 12.8 Å². The van der Waals surface area contributed by atoms with Gasteiger partial charge in [-0.25, -0.2) is 0 Å². The highest BCUT2D eigenvalue weighted by Crippen LogP contribution is 2.20. The molecule has 0 bridgehead atoms. The van der Waals surface area contributed by atoms with Gasteiger partial charge in [-0.15, -0.1) is 0 Å². The highest BCUT2D eigenvalue weighted by Gasteiger charge is 2.19. The molecule has 0 spiro atoms. The minimum absolute atomic E-state index is 0.227. The van der Waals surface area contributed by atoms with Crippen LogP contribution in [-0.4, -0.2) is 24.4 Å². The maximum atomic E-state index is 9.98. The molecule has 1 N–H and O–H groups in total. The molecule has 2 unspecified atom stereocenters. The van der Waals surface area contributed by atoms with Crippen LogP contribution in [-0.2, 0) is 11.2 Å². The molecule has 0 saturated carbocycles. The first-order valence-corrected chi connectivity index (χ1v) is 6.05. The minimum atomic E-state index is -0.227. The first kappa shape index (κ1) is 11.6. The van der Waals surface area contributed by atoms with Crippen molar-refractivity contribution >= 4 is 0 Å². The van der Waals surface area contributed by atoms with Crippen LogP contribution in [0.3, 0.4) is 0 Å². The molecule has 0 aliphatic carbocycles. The second kappa shape index (κ2) is 5.46. The van der Waals surface area contributed by atoms with Crippen LogP contribution in [0.4, 0.5) is 0 Å². The molecule has 1 aromatic carbocycles. The monoisotopic (exact) mass is 220 g/mol. The Morgan fingerprint density at radius 2 is 2.12 bits per heavy atom. The van der Waals surface area contributed by atoms with E-state index in [0.29, 0.717) is 5.92 Å². The summed E-state index contributed by atoms with van der Waals surface area (Å²) in [5.74, 6) is 0.556. The first-order valence-electron chi connectivity index (χ1n) is 6.05. The summed E-state index contributed by atoms with van der Waals surface area (Å²) in [6, 6.07) is 8.40. The van der Waals surface area contributed by atoms with E-state index < -0.39 is 0 Å². The topological polar surface area (TPSA) is 29.5 Å². The number of aliphatic hydroxyl groups excluding tert-OH is 1. The Kier molecular flexibility index (Phi) is 3.97. The second-order valence-electron chi connectivity index (χ2n) is 4.81. The lowest BCUT2D eigenvalue weighted by molar-refractivity contribution is 0.129. The summed E-state index contributed by atoms with van der Waals surface area (Å²) in [7, 11) is 0. The van der Waals surface area contributed by atoms with E-state index in [0.717, 1.165) is 32.5 Å². The molecule has 1 aliphatic rings. The highest BCUT2D eigenvalue weighted by atomic mass is 16.5. The van der Waals surface area contributed by atoms with E-state index in [2.05, 4.69) is 31.2 Å². The standard InChI is InChI=1S/C14H20O2/c1-11-2-4-12(5-3-11)8-14(15)9-13-6-7-16-10-13/h2-5,13-15H,6-10H2,1H3. The number of benzene rings is 1. The summed E-state index contributed by atoms with van der Waals surface area (Å²) in [6.07, 6.45) is 2.50. The van der Waals surface area contributed by atoms with Gasteiger partial charge in [-0.05, 0) is 37.7 Å². The molecule has 2 rings (SSSR count). The largest absolute Gasteiger partial charge is 0.393 e. The van der Waals surface area contributed by atoms with Gasteiger partial charge in [-0.1, -0.05) is 29.8 Å². The van der Waals surface area contributed by atoms with Gasteiger partial charge < -0.3 is 9.84 Å². The zero-order valence-corrected chi connectivity index (χ0v) is 9.86. The van der Waals surface area contributed by atoms with Crippen molar-refractivity contribution in [2.45, 2.75) is 32.3 Å². The SMILES string of the molecule is Cc1ccc(CC(O)CC2CCOC2)cc1. The predicted molar refractivity (Wildman–Crippen MR) is 64.4 cm³/mol. The van der Waals surface area contributed by atoms with Gasteiger partial charge in [0.05, 0.1) is 6.10 Å². The number of ether oxygens (including phenoxy) is 1. The van der Waals surface area contributed by atoms with Crippen molar-refractivity contribution in [2.24, 2.45) is 5.92 Å². The van der Waals surface area contributed by atoms with Gasteiger partial charge in [0.15, 0.2) is 0 Å². The van der Waals surface area contributed by atoms with Gasteiger partial charge in [-0.3, -0.25) is 0 Å². The van der Waals surface area contributed by atoms with E-state index in [-0.39, 0.29) is 6.10 Å². The molecule has 1 fully saturated rings. The molecule has 1 heterocycles. The molecule has 1 aromatic rings. The third-order valence-corrected chi connectivity index (χ3v) is 3.22. The van der Waals surface area contributed by atoms with E-state index in [4.69, 9.17) is 4.74 Å². The molecule has 1 aliphatic heterocycles. The van der Waals surface area contributed by atoms with E-state index in [1.807, 2.05) is 0 Å². The molecule has 88 valence electrons. The fourth-order valence-corrected chi connectivity index (χ4v) is 2.23. The van der Waals surface area contributed by atoms with E-state index in [1.54, 1.807) is 0 Å². The molecular formula is C14H20O2. The van der Waals surface area contributed by atoms with Crippen molar-refractivity contribution in [3.63, 3.8) is 0 Å². The van der Waals surface area contributed by atoms with Crippen molar-refractivity contribution in [3.8, 4) is 0 Å². The number of hydrogen-bond acceptors (Lipinski definition) is 2. The van der Waals surface area contributed by atoms with Crippen molar-refractivity contribution in [2.75, 3.05) is 13.2 Å². The normalized spacial score (nSPS) is 22.2. The molecule has 0 radical (unpaired) electrons. The molecular weight excluding hydrogens is 200 g/mol. The van der Waals surface area contributed by atoms with Crippen LogP contribution in [0.15, 0.2) is 24.3 Å². The Labute approximate surface area is 97.3 Å². The van der Waals surface area contributed by atoms with Crippen LogP contribution >= 0.6 is 0 Å². The van der Waals surface area contributed by atoms with Gasteiger partial charge in [-0.2, -0.15) is 0 Å². The minimum Gasteiger partial charge on any atom is -0.393 e. The smallest absolute Gasteiger partial charge is 0.0584 e. The molecule has 2 atom stereocenters. The van der Waals surface area contributed by atoms with E-state index in [1.165, 1.54) is 11.1 Å². The number of aryl methyl sites for hydroxylation is 1. The summed E-state index contributed by atoms with van der Waals surface area (Å²) < 4.78 is 5.31. The lowest BCUT2D eigenvalue weighted by Gasteiger charge is -2.14. The summed E-state index contributed by atoms with van der Waals surface area (Å²) in [4.78, 5) is 0. The third-order valence-electron chi connectivity index (χ3n) is 3.22. The predicted octanol–water partition coefficient (Wildman–Crippen LogP) is 2.33. The van der Waals surface area contributed by atoms with Gasteiger partial charge in [0.25, 0.3) is 0 Å². The van der Waals surface area contributed by atoms with Gasteiger partial charge >= 0.3 is 0 Å². The zero-order chi connectivity index (χ0) is 11.4. The third kappa shape index (κ3) is 3.32. The summed E-state index contributed by atoms with van der Waals surface area (Å²) >= 11 is 0. The number of rotatable bonds is 4. The molecule has 0 aromatic heterocycles. The molecule has 16 heavy (non-hydrogen) atoms. The van der Waals surface area contributed by atoms with Gasteiger partial charge in [0.1, 0.15) is 0 Å². The lowest BCUT2D eigenvalue weighted by Crippen LogP contribution is -2.16. The van der Waals surface area contributed by atoms with Crippen LogP contribution in [0.5, 0.6) is 0 Å². The molecule has 1 saturated heterocycles. The summed E-state index contributed by atoms with van der Waals surface area (Å²) in [5.41, 5.74) is 2.49. The Morgan fingerprint density at radius 1 is 1.38 bits per heavy atom. The lowest BCUT2D eigenvalue weighted by atomic mass is 9.96. The van der Waals surface area contributed by atoms with Crippen LogP contribution < -0.4 is 0 Å². The Bertz CT molecular complexity index is 312. The highest BCUT2D eigenvalue weighted by molar-refractivity contribution is 5.21. The number of aliphatic hydroxyl groups is 1. The van der Waals surface area contributed by atoms with E-state index >= 15 is 0 Å². The van der Waals surface area contributed by atoms with Crippen molar-refractivity contribution in [3.05, 3.63) is 35.4 Å². The average Bonchev–Trinajstić information content (AvgIpc) is 2.74. The van der Waals surface area contributed by atoms with Crippen molar-refractivity contribution in [1.82, 2.24) is 0 Å². The molecule has 2 heteroatoms. The van der Waals surface area contributed by atoms with Crippen LogP contribution in [0.1, 0.15) is 24.0 Å². The Balaban J connectivity index is 1.81. The molecule has 2 nitrogen and oxygen atoms in total. The first-order chi connectivity index (χ1) is 7.74. The van der Waals surface area contributed by atoms with Crippen LogP contribution in [0.25, 0.3) is 0 Å². The van der Waals surface area contributed by atoms with E-state index in [9.17, 15) is 5.11 Å². The maximum absolute atomic E-state index is 9.98. The van der Waals surface area contributed by atoms with Crippen LogP contribution in [0.2, 0.25) is 0 Å². The zero-order valence-electron chi connectivity index (χ0n) is 9.86. The fraction of sp³-hybridized carbons (Fsp3) is 0.571. The molecule has 0 amide bonds. The van der Waals surface area contributed by atoms with Gasteiger partial charge in [0, 0.05) is 13.2 Å².